The smallest absolute Gasteiger partial charge is 0.269 e. The number of carbonyl (C=O) groups excluding carboxylic acids is 3. The van der Waals surface area contributed by atoms with Gasteiger partial charge in [-0.1, -0.05) is 25.1 Å². The molecule has 2 amide bonds. The fourth-order valence-corrected chi connectivity index (χ4v) is 2.63. The van der Waals surface area contributed by atoms with Crippen molar-refractivity contribution >= 4 is 28.9 Å². The first-order chi connectivity index (χ1) is 11.1. The predicted octanol–water partition coefficient (Wildman–Crippen LogP) is 2.73. The second-order valence-corrected chi connectivity index (χ2v) is 5.90. The highest BCUT2D eigenvalue weighted by Crippen LogP contribution is 2.12. The molecule has 0 saturated heterocycles. The Morgan fingerprint density at radius 2 is 1.74 bits per heavy atom. The first-order valence-electron chi connectivity index (χ1n) is 7.35. The molecule has 2 N–H and O–H groups in total. The molecule has 0 bridgehead atoms. The number of carbonyl (C=O) groups is 3. The van der Waals surface area contributed by atoms with Crippen LogP contribution in [-0.4, -0.2) is 17.6 Å². The molecule has 1 aromatic carbocycles. The second-order valence-electron chi connectivity index (χ2n) is 4.95. The van der Waals surface area contributed by atoms with E-state index >= 15 is 0 Å². The van der Waals surface area contributed by atoms with Gasteiger partial charge < -0.3 is 0 Å². The Labute approximate surface area is 138 Å². The Morgan fingerprint density at radius 1 is 1.00 bits per heavy atom. The standard InChI is InChI=1S/C17H18N2O3S/c1-2-12-5-7-13(8-6-12)17(22)19-18-16(21)10-9-14(20)15-4-3-11-23-15/h3-8,11H,2,9-10H2,1H3,(H,18,21)(H,19,22). The van der Waals surface area contributed by atoms with Crippen LogP contribution in [0.5, 0.6) is 0 Å². The van der Waals surface area contributed by atoms with E-state index in [4.69, 9.17) is 0 Å². The van der Waals surface area contributed by atoms with Gasteiger partial charge in [0, 0.05) is 18.4 Å². The number of hydrogen-bond donors (Lipinski definition) is 2. The van der Waals surface area contributed by atoms with Gasteiger partial charge in [-0.05, 0) is 35.6 Å². The van der Waals surface area contributed by atoms with Gasteiger partial charge in [-0.3, -0.25) is 25.2 Å². The van der Waals surface area contributed by atoms with Gasteiger partial charge in [0.2, 0.25) is 5.91 Å². The number of nitrogens with one attached hydrogen (secondary N) is 2. The average Bonchev–Trinajstić information content (AvgIpc) is 3.12. The zero-order valence-corrected chi connectivity index (χ0v) is 13.6. The largest absolute Gasteiger partial charge is 0.293 e. The molecule has 2 rings (SSSR count). The van der Waals surface area contributed by atoms with Crippen molar-refractivity contribution in [2.45, 2.75) is 26.2 Å². The van der Waals surface area contributed by atoms with Crippen LogP contribution >= 0.6 is 11.3 Å². The summed E-state index contributed by atoms with van der Waals surface area (Å²) in [7, 11) is 0. The first-order valence-corrected chi connectivity index (χ1v) is 8.23. The number of aryl methyl sites for hydroxylation is 1. The van der Waals surface area contributed by atoms with E-state index in [2.05, 4.69) is 10.9 Å². The Kier molecular flexibility index (Phi) is 6.05. The summed E-state index contributed by atoms with van der Waals surface area (Å²) in [6, 6.07) is 10.7. The van der Waals surface area contributed by atoms with Crippen LogP contribution in [0, 0.1) is 0 Å². The number of hydrazine groups is 1. The van der Waals surface area contributed by atoms with Gasteiger partial charge in [-0.2, -0.15) is 0 Å². The number of benzene rings is 1. The summed E-state index contributed by atoms with van der Waals surface area (Å²) in [6.45, 7) is 2.03. The second kappa shape index (κ2) is 8.24. The summed E-state index contributed by atoms with van der Waals surface area (Å²) in [5.41, 5.74) is 6.28. The van der Waals surface area contributed by atoms with E-state index < -0.39 is 5.91 Å². The predicted molar refractivity (Wildman–Crippen MR) is 89.3 cm³/mol. The fourth-order valence-electron chi connectivity index (χ4n) is 1.94. The van der Waals surface area contributed by atoms with Gasteiger partial charge in [0.1, 0.15) is 0 Å². The van der Waals surface area contributed by atoms with Crippen molar-refractivity contribution in [2.24, 2.45) is 0 Å². The van der Waals surface area contributed by atoms with E-state index in [1.807, 2.05) is 24.4 Å². The van der Waals surface area contributed by atoms with Crippen LogP contribution in [0.25, 0.3) is 0 Å². The molecule has 0 spiro atoms. The van der Waals surface area contributed by atoms with Crippen molar-refractivity contribution in [1.29, 1.82) is 0 Å². The molecule has 0 saturated carbocycles. The summed E-state index contributed by atoms with van der Waals surface area (Å²) in [4.78, 5) is 36.0. The minimum Gasteiger partial charge on any atom is -0.293 e. The van der Waals surface area contributed by atoms with E-state index in [0.29, 0.717) is 10.4 Å². The average molecular weight is 330 g/mol. The topological polar surface area (TPSA) is 75.3 Å². The van der Waals surface area contributed by atoms with Gasteiger partial charge in [-0.15, -0.1) is 11.3 Å². The number of ketones is 1. The molecule has 6 heteroatoms. The van der Waals surface area contributed by atoms with Gasteiger partial charge in [0.25, 0.3) is 5.91 Å². The molecule has 0 aliphatic rings. The molecular weight excluding hydrogens is 312 g/mol. The van der Waals surface area contributed by atoms with Crippen molar-refractivity contribution in [3.8, 4) is 0 Å². The number of Topliss-reactive ketones (excluding diaryl/α,β-unsaturated/α-hetero) is 1. The van der Waals surface area contributed by atoms with Crippen molar-refractivity contribution in [3.05, 3.63) is 57.8 Å². The van der Waals surface area contributed by atoms with Crippen molar-refractivity contribution < 1.29 is 14.4 Å². The van der Waals surface area contributed by atoms with Crippen LogP contribution in [-0.2, 0) is 11.2 Å². The number of amides is 2. The Bertz CT molecular complexity index is 678. The summed E-state index contributed by atoms with van der Waals surface area (Å²) in [5.74, 6) is -0.851. The maximum Gasteiger partial charge on any atom is 0.269 e. The van der Waals surface area contributed by atoms with Crippen molar-refractivity contribution in [2.75, 3.05) is 0 Å². The molecule has 1 aromatic heterocycles. The van der Waals surface area contributed by atoms with Crippen LogP contribution in [0.1, 0.15) is 45.4 Å². The number of rotatable bonds is 6. The summed E-state index contributed by atoms with van der Waals surface area (Å²) in [5, 5.41) is 1.82. The Balaban J connectivity index is 1.75. The van der Waals surface area contributed by atoms with E-state index in [9.17, 15) is 14.4 Å². The monoisotopic (exact) mass is 330 g/mol. The molecule has 0 aliphatic heterocycles. The van der Waals surface area contributed by atoms with Gasteiger partial charge in [-0.25, -0.2) is 0 Å². The zero-order chi connectivity index (χ0) is 16.7. The van der Waals surface area contributed by atoms with Crippen LogP contribution in [0.4, 0.5) is 0 Å². The van der Waals surface area contributed by atoms with Crippen LogP contribution in [0.2, 0.25) is 0 Å². The molecule has 23 heavy (non-hydrogen) atoms. The highest BCUT2D eigenvalue weighted by atomic mass is 32.1. The molecule has 2 aromatic rings. The molecule has 0 radical (unpaired) electrons. The third-order valence-corrected chi connectivity index (χ3v) is 4.23. The third kappa shape index (κ3) is 5.03. The Hall–Kier alpha value is -2.47. The first kappa shape index (κ1) is 16.9. The van der Waals surface area contributed by atoms with Gasteiger partial charge in [0.15, 0.2) is 5.78 Å². The quantitative estimate of drug-likeness (QED) is 0.632. The molecule has 0 fully saturated rings. The van der Waals surface area contributed by atoms with E-state index in [0.717, 1.165) is 12.0 Å². The number of thiophene rings is 1. The lowest BCUT2D eigenvalue weighted by Crippen LogP contribution is -2.41. The van der Waals surface area contributed by atoms with Crippen LogP contribution < -0.4 is 10.9 Å². The van der Waals surface area contributed by atoms with E-state index in [1.165, 1.54) is 11.3 Å². The molecule has 0 atom stereocenters. The van der Waals surface area contributed by atoms with Gasteiger partial charge in [0.05, 0.1) is 4.88 Å². The minimum atomic E-state index is -0.395. The minimum absolute atomic E-state index is 0.0335. The molecule has 0 unspecified atom stereocenters. The third-order valence-electron chi connectivity index (χ3n) is 3.31. The molecule has 1 heterocycles. The van der Waals surface area contributed by atoms with Crippen molar-refractivity contribution in [1.82, 2.24) is 10.9 Å². The summed E-state index contributed by atoms with van der Waals surface area (Å²) < 4.78 is 0. The fraction of sp³-hybridized carbons (Fsp3) is 0.235. The zero-order valence-electron chi connectivity index (χ0n) is 12.8. The lowest BCUT2D eigenvalue weighted by atomic mass is 10.1. The van der Waals surface area contributed by atoms with Crippen LogP contribution in [0.15, 0.2) is 41.8 Å². The molecule has 5 nitrogen and oxygen atoms in total. The summed E-state index contributed by atoms with van der Waals surface area (Å²) in [6.07, 6.45) is 1.05. The maximum absolute atomic E-state index is 11.9. The van der Waals surface area contributed by atoms with Crippen molar-refractivity contribution in [3.63, 3.8) is 0 Å². The van der Waals surface area contributed by atoms with Crippen LogP contribution in [0.3, 0.4) is 0 Å². The molecular formula is C17H18N2O3S. The van der Waals surface area contributed by atoms with E-state index in [-0.39, 0.29) is 24.5 Å². The maximum atomic E-state index is 11.9. The normalized spacial score (nSPS) is 10.1. The summed E-state index contributed by atoms with van der Waals surface area (Å²) >= 11 is 1.35. The molecule has 120 valence electrons. The number of hydrogen-bond acceptors (Lipinski definition) is 4. The molecule has 0 aliphatic carbocycles. The Morgan fingerprint density at radius 3 is 2.35 bits per heavy atom. The lowest BCUT2D eigenvalue weighted by Gasteiger charge is -2.07. The SMILES string of the molecule is CCc1ccc(C(=O)NNC(=O)CCC(=O)c2cccs2)cc1. The van der Waals surface area contributed by atoms with E-state index in [1.54, 1.807) is 24.3 Å². The van der Waals surface area contributed by atoms with Gasteiger partial charge >= 0.3 is 0 Å². The lowest BCUT2D eigenvalue weighted by molar-refractivity contribution is -0.121. The highest BCUT2D eigenvalue weighted by molar-refractivity contribution is 7.12. The highest BCUT2D eigenvalue weighted by Gasteiger charge is 2.11.